The summed E-state index contributed by atoms with van der Waals surface area (Å²) in [4.78, 5) is 17.7. The van der Waals surface area contributed by atoms with Gasteiger partial charge in [-0.1, -0.05) is 55.8 Å². The topological polar surface area (TPSA) is 100 Å². The summed E-state index contributed by atoms with van der Waals surface area (Å²) in [5.74, 6) is 2.11. The fraction of sp³-hybridized carbons (Fsp3) is 0.400. The van der Waals surface area contributed by atoms with Gasteiger partial charge in [0.2, 0.25) is 5.91 Å². The quantitative estimate of drug-likeness (QED) is 0.0980. The molecule has 0 bridgehead atoms. The van der Waals surface area contributed by atoms with E-state index >= 15 is 0 Å². The van der Waals surface area contributed by atoms with E-state index in [9.17, 15) is 10.1 Å². The van der Waals surface area contributed by atoms with Crippen molar-refractivity contribution in [2.24, 2.45) is 5.41 Å². The first-order valence-corrected chi connectivity index (χ1v) is 19.6. The monoisotopic (exact) mass is 757 g/mol. The number of halogens is 1. The highest BCUT2D eigenvalue weighted by Gasteiger charge is 2.33. The van der Waals surface area contributed by atoms with Crippen LogP contribution in [0.1, 0.15) is 79.0 Å². The molecule has 2 aliphatic heterocycles. The second-order valence-electron chi connectivity index (χ2n) is 15.7. The molecule has 0 saturated carbocycles. The van der Waals surface area contributed by atoms with Crippen molar-refractivity contribution < 1.29 is 19.0 Å². The Balaban J connectivity index is 1.08. The fourth-order valence-electron chi connectivity index (χ4n) is 8.15. The highest BCUT2D eigenvalue weighted by Crippen LogP contribution is 2.44. The third-order valence-corrected chi connectivity index (χ3v) is 11.1. The molecule has 284 valence electrons. The maximum atomic E-state index is 11.7. The SMILES string of the molecule is [C-]#[N+]c1cc(C#N)cc(COc2cc(O[C@H]3CCc4c(-c5cccc(OCCCN6CC(C)(C)C6)c5C)cccc43)c(Cl)cc2CN[C@H]2CCC(=O)NC2)c1. The first-order chi connectivity index (χ1) is 26.6. The van der Waals surface area contributed by atoms with Crippen LogP contribution in [0, 0.1) is 30.2 Å². The number of fused-ring (bicyclic) bond motifs is 1. The number of carbonyl (C=O) groups is 1. The summed E-state index contributed by atoms with van der Waals surface area (Å²) < 4.78 is 19.4. The van der Waals surface area contributed by atoms with Gasteiger partial charge in [0, 0.05) is 62.4 Å². The lowest BCUT2D eigenvalue weighted by atomic mass is 9.84. The summed E-state index contributed by atoms with van der Waals surface area (Å²) in [6.07, 6.45) is 3.70. The Labute approximate surface area is 329 Å². The van der Waals surface area contributed by atoms with Crippen LogP contribution in [0.3, 0.4) is 0 Å². The van der Waals surface area contributed by atoms with E-state index in [0.717, 1.165) is 67.8 Å². The van der Waals surface area contributed by atoms with Crippen LogP contribution in [0.2, 0.25) is 5.02 Å². The Morgan fingerprint density at radius 2 is 1.84 bits per heavy atom. The van der Waals surface area contributed by atoms with Crippen LogP contribution in [-0.4, -0.2) is 49.6 Å². The van der Waals surface area contributed by atoms with Gasteiger partial charge < -0.3 is 29.7 Å². The summed E-state index contributed by atoms with van der Waals surface area (Å²) in [6.45, 7) is 19.5. The lowest BCUT2D eigenvalue weighted by molar-refractivity contribution is -0.122. The van der Waals surface area contributed by atoms with Crippen LogP contribution in [0.15, 0.2) is 66.7 Å². The minimum Gasteiger partial charge on any atom is -0.493 e. The van der Waals surface area contributed by atoms with Crippen LogP contribution in [0.5, 0.6) is 17.2 Å². The second-order valence-corrected chi connectivity index (χ2v) is 16.1. The van der Waals surface area contributed by atoms with Crippen LogP contribution in [-0.2, 0) is 24.4 Å². The molecule has 1 aliphatic carbocycles. The van der Waals surface area contributed by atoms with Gasteiger partial charge in [0.15, 0.2) is 5.69 Å². The molecule has 0 aromatic heterocycles. The Kier molecular flexibility index (Phi) is 11.6. The number of nitrogens with zero attached hydrogens (tertiary/aromatic N) is 3. The van der Waals surface area contributed by atoms with E-state index in [0.29, 0.717) is 64.9 Å². The minimum absolute atomic E-state index is 0.0657. The number of benzene rings is 4. The first kappa shape index (κ1) is 38.2. The third-order valence-electron chi connectivity index (χ3n) is 10.8. The van der Waals surface area contributed by atoms with E-state index in [1.165, 1.54) is 16.7 Å². The zero-order valence-corrected chi connectivity index (χ0v) is 32.6. The highest BCUT2D eigenvalue weighted by molar-refractivity contribution is 6.32. The fourth-order valence-corrected chi connectivity index (χ4v) is 8.38. The Hall–Kier alpha value is -5.06. The first-order valence-electron chi connectivity index (χ1n) is 19.2. The maximum Gasteiger partial charge on any atom is 0.220 e. The molecule has 2 saturated heterocycles. The van der Waals surface area contributed by atoms with E-state index in [4.69, 9.17) is 32.4 Å². The van der Waals surface area contributed by atoms with Crippen LogP contribution >= 0.6 is 11.6 Å². The number of nitriles is 1. The molecule has 55 heavy (non-hydrogen) atoms. The average Bonchev–Trinajstić information content (AvgIpc) is 3.59. The Morgan fingerprint density at radius 3 is 2.60 bits per heavy atom. The molecule has 7 rings (SSSR count). The van der Waals surface area contributed by atoms with Crippen molar-refractivity contribution >= 4 is 23.2 Å². The smallest absolute Gasteiger partial charge is 0.220 e. The summed E-state index contributed by atoms with van der Waals surface area (Å²) in [6, 6.07) is 23.8. The van der Waals surface area contributed by atoms with Crippen molar-refractivity contribution in [3.8, 4) is 34.4 Å². The Morgan fingerprint density at radius 1 is 1.02 bits per heavy atom. The van der Waals surface area contributed by atoms with Crippen molar-refractivity contribution in [1.82, 2.24) is 15.5 Å². The summed E-state index contributed by atoms with van der Waals surface area (Å²) in [5.41, 5.74) is 8.71. The van der Waals surface area contributed by atoms with Gasteiger partial charge in [-0.05, 0) is 102 Å². The number of carbonyl (C=O) groups excluding carboxylic acids is 1. The van der Waals surface area contributed by atoms with Gasteiger partial charge in [-0.2, -0.15) is 5.26 Å². The molecule has 2 N–H and O–H groups in total. The second kappa shape index (κ2) is 16.8. The van der Waals surface area contributed by atoms with Crippen molar-refractivity contribution in [2.75, 3.05) is 32.8 Å². The molecule has 4 aromatic carbocycles. The van der Waals surface area contributed by atoms with E-state index in [-0.39, 0.29) is 24.7 Å². The normalized spacial score (nSPS) is 18.7. The lowest BCUT2D eigenvalue weighted by Gasteiger charge is -2.46. The number of piperidine rings is 1. The standard InChI is InChI=1S/C45H48ClN5O4/c1-29-35(8-6-11-40(29)53-17-7-16-51-27-45(2,3)28-51)36-9-5-10-38-37(36)13-14-41(38)55-43-22-42(54-26-31-18-30(23-47)19-34(20-31)48-4)32(21-39(43)46)24-49-33-12-15-44(52)50-25-33/h5-6,8-11,18-22,33,41,49H,7,12-17,24-28H2,1-3H3,(H,50,52)/t33-,41-/m0/s1. The molecule has 3 aliphatic rings. The van der Waals surface area contributed by atoms with Crippen LogP contribution in [0.4, 0.5) is 5.69 Å². The molecule has 2 fully saturated rings. The van der Waals surface area contributed by atoms with Crippen molar-refractivity contribution in [3.05, 3.63) is 117 Å². The van der Waals surface area contributed by atoms with Crippen molar-refractivity contribution in [3.63, 3.8) is 0 Å². The van der Waals surface area contributed by atoms with E-state index in [1.807, 2.05) is 12.1 Å². The highest BCUT2D eigenvalue weighted by atomic mass is 35.5. The average molecular weight is 758 g/mol. The molecule has 0 radical (unpaired) electrons. The molecule has 0 unspecified atom stereocenters. The number of nitrogens with one attached hydrogen (secondary N) is 2. The molecule has 9 nitrogen and oxygen atoms in total. The summed E-state index contributed by atoms with van der Waals surface area (Å²) >= 11 is 6.95. The van der Waals surface area contributed by atoms with E-state index in [2.05, 4.69) is 83.6 Å². The number of ether oxygens (including phenoxy) is 3. The maximum absolute atomic E-state index is 11.7. The number of rotatable bonds is 14. The summed E-state index contributed by atoms with van der Waals surface area (Å²) in [7, 11) is 0. The van der Waals surface area contributed by atoms with Gasteiger partial charge in [-0.3, -0.25) is 4.79 Å². The predicted molar refractivity (Wildman–Crippen MR) is 215 cm³/mol. The molecule has 10 heteroatoms. The molecule has 2 atom stereocenters. The van der Waals surface area contributed by atoms with Crippen LogP contribution < -0.4 is 24.8 Å². The molecule has 4 aromatic rings. The van der Waals surface area contributed by atoms with Crippen molar-refractivity contribution in [2.45, 2.75) is 78.2 Å². The predicted octanol–water partition coefficient (Wildman–Crippen LogP) is 8.86. The zero-order valence-electron chi connectivity index (χ0n) is 31.8. The van der Waals surface area contributed by atoms with Gasteiger partial charge in [-0.15, -0.1) is 0 Å². The van der Waals surface area contributed by atoms with E-state index < -0.39 is 0 Å². The van der Waals surface area contributed by atoms with Crippen LogP contribution in [0.25, 0.3) is 16.0 Å². The van der Waals surface area contributed by atoms with Gasteiger partial charge in [0.1, 0.15) is 30.0 Å². The van der Waals surface area contributed by atoms with Gasteiger partial charge in [0.05, 0.1) is 24.3 Å². The third kappa shape index (κ3) is 9.09. The Bertz CT molecular complexity index is 2100. The molecule has 1 amide bonds. The molecular formula is C45H48ClN5O4. The minimum atomic E-state index is -0.199. The zero-order chi connectivity index (χ0) is 38.5. The molecule has 2 heterocycles. The van der Waals surface area contributed by atoms with E-state index in [1.54, 1.807) is 18.2 Å². The largest absolute Gasteiger partial charge is 0.493 e. The van der Waals surface area contributed by atoms with Crippen molar-refractivity contribution in [1.29, 1.82) is 5.26 Å². The number of likely N-dealkylation sites (tertiary alicyclic amines) is 1. The number of hydrogen-bond acceptors (Lipinski definition) is 7. The number of amides is 1. The van der Waals surface area contributed by atoms with Gasteiger partial charge in [0.25, 0.3) is 0 Å². The summed E-state index contributed by atoms with van der Waals surface area (Å²) in [5, 5.41) is 16.4. The lowest BCUT2D eigenvalue weighted by Crippen LogP contribution is -2.53. The van der Waals surface area contributed by atoms with Gasteiger partial charge in [-0.25, -0.2) is 4.85 Å². The molecule has 0 spiro atoms. The van der Waals surface area contributed by atoms with Gasteiger partial charge >= 0.3 is 0 Å². The molecular weight excluding hydrogens is 710 g/mol. The number of hydrogen-bond donors (Lipinski definition) is 2.